The van der Waals surface area contributed by atoms with Crippen molar-refractivity contribution >= 4 is 22.9 Å². The first-order chi connectivity index (χ1) is 12.2. The van der Waals surface area contributed by atoms with E-state index in [1.807, 2.05) is 30.5 Å². The fourth-order valence-corrected chi connectivity index (χ4v) is 3.15. The number of rotatable bonds is 3. The molecular weight excluding hydrogens is 334 g/mol. The molecule has 6 heteroatoms. The van der Waals surface area contributed by atoms with E-state index in [-0.39, 0.29) is 5.56 Å². The van der Waals surface area contributed by atoms with Gasteiger partial charge in [0.15, 0.2) is 5.58 Å². The Balaban J connectivity index is 1.88. The summed E-state index contributed by atoms with van der Waals surface area (Å²) in [7, 11) is 1.72. The molecule has 0 aliphatic carbocycles. The molecule has 4 aromatic heterocycles. The molecule has 0 amide bonds. The van der Waals surface area contributed by atoms with Gasteiger partial charge in [0.1, 0.15) is 11.3 Å². The SMILES string of the molecule is CSc1cc(-c2ccnc3cc(-c4ccc(=O)n(C)c4)oc23)ccn1. The molecule has 4 aromatic rings. The van der Waals surface area contributed by atoms with E-state index in [2.05, 4.69) is 9.97 Å². The van der Waals surface area contributed by atoms with E-state index in [1.165, 1.54) is 10.6 Å². The number of aromatic nitrogens is 3. The molecule has 25 heavy (non-hydrogen) atoms. The summed E-state index contributed by atoms with van der Waals surface area (Å²) in [4.78, 5) is 20.3. The van der Waals surface area contributed by atoms with Crippen LogP contribution in [0.2, 0.25) is 0 Å². The Hall–Kier alpha value is -2.86. The molecule has 0 aliphatic heterocycles. The van der Waals surface area contributed by atoms with Crippen LogP contribution >= 0.6 is 11.8 Å². The minimum atomic E-state index is -0.0555. The summed E-state index contributed by atoms with van der Waals surface area (Å²) in [6.07, 6.45) is 7.33. The van der Waals surface area contributed by atoms with Gasteiger partial charge in [-0.25, -0.2) is 4.98 Å². The minimum absolute atomic E-state index is 0.0555. The monoisotopic (exact) mass is 349 g/mol. The summed E-state index contributed by atoms with van der Waals surface area (Å²) in [5, 5.41) is 0.951. The minimum Gasteiger partial charge on any atom is -0.454 e. The van der Waals surface area contributed by atoms with Gasteiger partial charge in [-0.2, -0.15) is 0 Å². The number of hydrogen-bond donors (Lipinski definition) is 0. The first kappa shape index (κ1) is 15.7. The molecule has 0 bridgehead atoms. The van der Waals surface area contributed by atoms with Crippen molar-refractivity contribution in [2.45, 2.75) is 5.03 Å². The van der Waals surface area contributed by atoms with Crippen LogP contribution in [0.25, 0.3) is 33.6 Å². The fourth-order valence-electron chi connectivity index (χ4n) is 2.74. The predicted molar refractivity (Wildman–Crippen MR) is 99.7 cm³/mol. The Kier molecular flexibility index (Phi) is 3.89. The van der Waals surface area contributed by atoms with Gasteiger partial charge in [-0.3, -0.25) is 9.78 Å². The quantitative estimate of drug-likeness (QED) is 0.524. The number of pyridine rings is 3. The molecule has 0 atom stereocenters. The predicted octanol–water partition coefficient (Wildman–Crippen LogP) is 3.98. The van der Waals surface area contributed by atoms with Crippen molar-refractivity contribution in [3.8, 4) is 22.5 Å². The molecule has 0 fully saturated rings. The molecular formula is C19H15N3O2S. The molecule has 0 saturated carbocycles. The number of furan rings is 1. The molecule has 0 N–H and O–H groups in total. The molecule has 0 radical (unpaired) electrons. The lowest BCUT2D eigenvalue weighted by molar-refractivity contribution is 0.630. The molecule has 0 spiro atoms. The van der Waals surface area contributed by atoms with Crippen LogP contribution in [0.15, 0.2) is 69.2 Å². The Morgan fingerprint density at radius 2 is 1.88 bits per heavy atom. The van der Waals surface area contributed by atoms with Crippen molar-refractivity contribution in [2.24, 2.45) is 7.05 Å². The van der Waals surface area contributed by atoms with E-state index in [0.717, 1.165) is 32.8 Å². The highest BCUT2D eigenvalue weighted by molar-refractivity contribution is 7.98. The maximum absolute atomic E-state index is 11.6. The second-order valence-corrected chi connectivity index (χ2v) is 6.46. The molecule has 4 rings (SSSR count). The van der Waals surface area contributed by atoms with E-state index < -0.39 is 0 Å². The number of hydrogen-bond acceptors (Lipinski definition) is 5. The van der Waals surface area contributed by atoms with Gasteiger partial charge < -0.3 is 8.98 Å². The maximum atomic E-state index is 11.6. The van der Waals surface area contributed by atoms with Crippen LogP contribution in [0.4, 0.5) is 0 Å². The molecule has 5 nitrogen and oxygen atoms in total. The van der Waals surface area contributed by atoms with Gasteiger partial charge in [-0.05, 0) is 36.1 Å². The van der Waals surface area contributed by atoms with Crippen LogP contribution in [0.5, 0.6) is 0 Å². The summed E-state index contributed by atoms with van der Waals surface area (Å²) in [5.74, 6) is 0.685. The van der Waals surface area contributed by atoms with Gasteiger partial charge in [0.2, 0.25) is 5.56 Å². The van der Waals surface area contributed by atoms with Crippen LogP contribution in [-0.4, -0.2) is 20.8 Å². The largest absolute Gasteiger partial charge is 0.454 e. The standard InChI is InChI=1S/C19H15N3O2S/c1-22-11-13(3-4-18(22)23)16-10-15-19(24-16)14(6-8-20-15)12-5-7-21-17(9-12)25-2/h3-11H,1-2H3. The third kappa shape index (κ3) is 2.85. The van der Waals surface area contributed by atoms with Gasteiger partial charge in [0.05, 0.1) is 5.03 Å². The third-order valence-electron chi connectivity index (χ3n) is 4.04. The molecule has 0 saturated heterocycles. The van der Waals surface area contributed by atoms with Crippen molar-refractivity contribution in [1.82, 2.24) is 14.5 Å². The lowest BCUT2D eigenvalue weighted by Crippen LogP contribution is -2.13. The zero-order chi connectivity index (χ0) is 17.4. The molecule has 0 unspecified atom stereocenters. The van der Waals surface area contributed by atoms with Crippen molar-refractivity contribution in [3.63, 3.8) is 0 Å². The number of fused-ring (bicyclic) bond motifs is 1. The van der Waals surface area contributed by atoms with E-state index in [1.54, 1.807) is 43.5 Å². The molecule has 4 heterocycles. The summed E-state index contributed by atoms with van der Waals surface area (Å²) in [6.45, 7) is 0. The van der Waals surface area contributed by atoms with E-state index in [9.17, 15) is 4.79 Å². The van der Waals surface area contributed by atoms with Crippen LogP contribution in [0.1, 0.15) is 0 Å². The molecule has 124 valence electrons. The normalized spacial score (nSPS) is 11.1. The van der Waals surface area contributed by atoms with Crippen molar-refractivity contribution in [1.29, 1.82) is 0 Å². The van der Waals surface area contributed by atoms with Crippen molar-refractivity contribution < 1.29 is 4.42 Å². The van der Waals surface area contributed by atoms with Crippen LogP contribution in [0, 0.1) is 0 Å². The highest BCUT2D eigenvalue weighted by atomic mass is 32.2. The first-order valence-corrected chi connectivity index (χ1v) is 8.94. The summed E-state index contributed by atoms with van der Waals surface area (Å²) < 4.78 is 7.64. The molecule has 0 aliphatic rings. The number of aryl methyl sites for hydroxylation is 1. The van der Waals surface area contributed by atoms with Gasteiger partial charge in [0, 0.05) is 48.9 Å². The van der Waals surface area contributed by atoms with Crippen molar-refractivity contribution in [2.75, 3.05) is 6.26 Å². The van der Waals surface area contributed by atoms with Crippen LogP contribution in [0.3, 0.4) is 0 Å². The Bertz CT molecular complexity index is 1130. The highest BCUT2D eigenvalue weighted by Crippen LogP contribution is 2.33. The number of thioether (sulfide) groups is 1. The third-order valence-corrected chi connectivity index (χ3v) is 4.68. The second-order valence-electron chi connectivity index (χ2n) is 5.64. The van der Waals surface area contributed by atoms with Crippen molar-refractivity contribution in [3.05, 3.63) is 65.3 Å². The lowest BCUT2D eigenvalue weighted by atomic mass is 10.1. The van der Waals surface area contributed by atoms with E-state index in [4.69, 9.17) is 4.42 Å². The summed E-state index contributed by atoms with van der Waals surface area (Å²) in [6, 6.07) is 11.1. The lowest BCUT2D eigenvalue weighted by Gasteiger charge is -2.04. The maximum Gasteiger partial charge on any atom is 0.250 e. The first-order valence-electron chi connectivity index (χ1n) is 7.72. The van der Waals surface area contributed by atoms with Crippen LogP contribution in [-0.2, 0) is 7.05 Å². The van der Waals surface area contributed by atoms with Crippen LogP contribution < -0.4 is 5.56 Å². The summed E-state index contributed by atoms with van der Waals surface area (Å²) >= 11 is 1.60. The van der Waals surface area contributed by atoms with Gasteiger partial charge in [-0.1, -0.05) is 0 Å². The Morgan fingerprint density at radius 1 is 1.04 bits per heavy atom. The zero-order valence-electron chi connectivity index (χ0n) is 13.8. The Morgan fingerprint density at radius 3 is 2.68 bits per heavy atom. The number of nitrogens with zero attached hydrogens (tertiary/aromatic N) is 3. The van der Waals surface area contributed by atoms with Gasteiger partial charge >= 0.3 is 0 Å². The Labute approximate surface area is 148 Å². The topological polar surface area (TPSA) is 60.9 Å². The second kappa shape index (κ2) is 6.22. The summed E-state index contributed by atoms with van der Waals surface area (Å²) in [5.41, 5.74) is 4.30. The average molecular weight is 349 g/mol. The zero-order valence-corrected chi connectivity index (χ0v) is 14.6. The molecule has 0 aromatic carbocycles. The highest BCUT2D eigenvalue weighted by Gasteiger charge is 2.13. The van der Waals surface area contributed by atoms with Gasteiger partial charge in [-0.15, -0.1) is 11.8 Å². The average Bonchev–Trinajstić information content (AvgIpc) is 3.08. The fraction of sp³-hybridized carbons (Fsp3) is 0.105. The van der Waals surface area contributed by atoms with Gasteiger partial charge in [0.25, 0.3) is 0 Å². The van der Waals surface area contributed by atoms with E-state index >= 15 is 0 Å². The smallest absolute Gasteiger partial charge is 0.250 e. The van der Waals surface area contributed by atoms with E-state index in [0.29, 0.717) is 5.76 Å².